The van der Waals surface area contributed by atoms with Gasteiger partial charge < -0.3 is 28.8 Å². The third-order valence-corrected chi connectivity index (χ3v) is 7.70. The Morgan fingerprint density at radius 1 is 0.872 bits per heavy atom. The van der Waals surface area contributed by atoms with Crippen molar-refractivity contribution in [1.29, 1.82) is 0 Å². The first-order chi connectivity index (χ1) is 18.5. The number of carbonyl (C=O) groups is 1. The number of unbranched alkanes of at least 4 members (excludes halogenated alkanes) is 12. The quantitative estimate of drug-likeness (QED) is 0.0517. The van der Waals surface area contributed by atoms with Crippen LogP contribution < -0.4 is 10.2 Å². The van der Waals surface area contributed by atoms with Gasteiger partial charge in [0.1, 0.15) is 13.2 Å². The van der Waals surface area contributed by atoms with Gasteiger partial charge in [-0.2, -0.15) is 0 Å². The minimum atomic E-state index is -4.54. The number of quaternary nitrogens is 1. The van der Waals surface area contributed by atoms with Crippen molar-refractivity contribution in [3.8, 4) is 0 Å². The van der Waals surface area contributed by atoms with Gasteiger partial charge in [-0.15, -0.1) is 0 Å². The number of nitrogens with one attached hydrogen (secondary N) is 1. The normalized spacial score (nSPS) is 15.4. The van der Waals surface area contributed by atoms with E-state index in [9.17, 15) is 19.4 Å². The van der Waals surface area contributed by atoms with Gasteiger partial charge in [0.25, 0.3) is 7.82 Å². The number of nitrogens with zero attached hydrogens (tertiary/aromatic N) is 1. The van der Waals surface area contributed by atoms with Crippen molar-refractivity contribution in [2.24, 2.45) is 0 Å². The van der Waals surface area contributed by atoms with Gasteiger partial charge in [0.05, 0.1) is 39.9 Å². The van der Waals surface area contributed by atoms with Crippen LogP contribution in [0.5, 0.6) is 0 Å². The average Bonchev–Trinajstić information content (AvgIpc) is 2.86. The van der Waals surface area contributed by atoms with Crippen LogP contribution >= 0.6 is 7.82 Å². The summed E-state index contributed by atoms with van der Waals surface area (Å²) in [5, 5.41) is 13.6. The smallest absolute Gasteiger partial charge is 0.268 e. The second-order valence-corrected chi connectivity index (χ2v) is 13.2. The number of phosphoric ester groups is 1. The van der Waals surface area contributed by atoms with E-state index in [2.05, 4.69) is 31.3 Å². The maximum atomic E-state index is 12.6. The molecule has 0 heterocycles. The first-order valence-corrected chi connectivity index (χ1v) is 17.0. The van der Waals surface area contributed by atoms with Gasteiger partial charge in [0, 0.05) is 6.42 Å². The summed E-state index contributed by atoms with van der Waals surface area (Å²) in [4.78, 5) is 24.9. The van der Waals surface area contributed by atoms with Crippen molar-refractivity contribution in [3.63, 3.8) is 0 Å². The van der Waals surface area contributed by atoms with Crippen molar-refractivity contribution in [1.82, 2.24) is 5.32 Å². The number of hydrogen-bond acceptors (Lipinski definition) is 6. The highest BCUT2D eigenvalue weighted by Gasteiger charge is 2.24. The number of rotatable bonds is 27. The Hall–Kier alpha value is -0.760. The molecule has 1 amide bonds. The number of aliphatic hydroxyl groups excluding tert-OH is 1. The molecule has 0 aliphatic heterocycles. The van der Waals surface area contributed by atoms with E-state index < -0.39 is 20.0 Å². The summed E-state index contributed by atoms with van der Waals surface area (Å²) in [5.41, 5.74) is 0. The van der Waals surface area contributed by atoms with Crippen molar-refractivity contribution >= 4 is 13.7 Å². The number of amides is 1. The van der Waals surface area contributed by atoms with Gasteiger partial charge in [-0.1, -0.05) is 96.6 Å². The summed E-state index contributed by atoms with van der Waals surface area (Å²) >= 11 is 0. The molecule has 0 radical (unpaired) electrons. The molecule has 9 heteroatoms. The van der Waals surface area contributed by atoms with Crippen LogP contribution in [0.4, 0.5) is 0 Å². The lowest BCUT2D eigenvalue weighted by Crippen LogP contribution is -2.46. The molecule has 0 fully saturated rings. The predicted molar refractivity (Wildman–Crippen MR) is 159 cm³/mol. The van der Waals surface area contributed by atoms with Gasteiger partial charge in [-0.3, -0.25) is 9.36 Å². The third-order valence-electron chi connectivity index (χ3n) is 6.73. The van der Waals surface area contributed by atoms with Crippen LogP contribution in [0.2, 0.25) is 0 Å². The van der Waals surface area contributed by atoms with Crippen LogP contribution in [0.1, 0.15) is 123 Å². The lowest BCUT2D eigenvalue weighted by molar-refractivity contribution is -0.870. The highest BCUT2D eigenvalue weighted by Crippen LogP contribution is 2.38. The molecule has 0 aromatic heterocycles. The summed E-state index contributed by atoms with van der Waals surface area (Å²) in [6, 6.07) is -0.795. The van der Waals surface area contributed by atoms with E-state index in [0.717, 1.165) is 57.8 Å². The Labute approximate surface area is 240 Å². The van der Waals surface area contributed by atoms with Crippen molar-refractivity contribution < 1.29 is 32.9 Å². The fourth-order valence-corrected chi connectivity index (χ4v) is 4.88. The molecule has 0 bridgehead atoms. The largest absolute Gasteiger partial charge is 0.756 e. The number of aliphatic hydroxyl groups is 1. The number of phosphoric acid groups is 1. The zero-order chi connectivity index (χ0) is 29.4. The van der Waals surface area contributed by atoms with Crippen molar-refractivity contribution in [3.05, 3.63) is 12.2 Å². The Morgan fingerprint density at radius 2 is 1.46 bits per heavy atom. The van der Waals surface area contributed by atoms with Crippen LogP contribution in [-0.4, -0.2) is 68.5 Å². The molecule has 0 saturated heterocycles. The summed E-state index contributed by atoms with van der Waals surface area (Å²) in [6.45, 7) is 4.55. The zero-order valence-corrected chi connectivity index (χ0v) is 26.7. The second kappa shape index (κ2) is 23.9. The topological polar surface area (TPSA) is 108 Å². The highest BCUT2D eigenvalue weighted by molar-refractivity contribution is 7.45. The summed E-state index contributed by atoms with van der Waals surface area (Å²) in [7, 11) is 1.29. The molecule has 0 aromatic rings. The summed E-state index contributed by atoms with van der Waals surface area (Å²) in [6.07, 6.45) is 20.9. The maximum Gasteiger partial charge on any atom is 0.268 e. The van der Waals surface area contributed by atoms with Gasteiger partial charge in [0.15, 0.2) is 0 Å². The Bertz CT molecular complexity index is 668. The fraction of sp³-hybridized carbons (Fsp3) is 0.900. The monoisotopic (exact) mass is 576 g/mol. The molecular formula is C30H61N2O6P. The van der Waals surface area contributed by atoms with Crippen LogP contribution in [0.25, 0.3) is 0 Å². The summed E-state index contributed by atoms with van der Waals surface area (Å²) in [5.74, 6) is -0.184. The molecule has 0 aromatic carbocycles. The van der Waals surface area contributed by atoms with E-state index in [4.69, 9.17) is 9.05 Å². The van der Waals surface area contributed by atoms with Crippen molar-refractivity contribution in [2.45, 2.75) is 135 Å². The molecule has 232 valence electrons. The van der Waals surface area contributed by atoms with Gasteiger partial charge in [0.2, 0.25) is 5.91 Å². The lowest BCUT2D eigenvalue weighted by atomic mass is 10.0. The Balaban J connectivity index is 4.58. The Kier molecular flexibility index (Phi) is 23.4. The molecule has 0 spiro atoms. The second-order valence-electron chi connectivity index (χ2n) is 11.8. The Morgan fingerprint density at radius 3 is 2.10 bits per heavy atom. The van der Waals surface area contributed by atoms with Crippen LogP contribution in [-0.2, 0) is 18.4 Å². The van der Waals surface area contributed by atoms with E-state index in [-0.39, 0.29) is 19.1 Å². The van der Waals surface area contributed by atoms with Crippen LogP contribution in [0.3, 0.4) is 0 Å². The maximum absolute atomic E-state index is 12.6. The van der Waals surface area contributed by atoms with Crippen LogP contribution in [0, 0.1) is 0 Å². The third kappa shape index (κ3) is 25.9. The molecule has 8 nitrogen and oxygen atoms in total. The first kappa shape index (κ1) is 38.2. The molecule has 2 N–H and O–H groups in total. The van der Waals surface area contributed by atoms with Gasteiger partial charge >= 0.3 is 0 Å². The molecule has 39 heavy (non-hydrogen) atoms. The molecule has 3 unspecified atom stereocenters. The lowest BCUT2D eigenvalue weighted by Gasteiger charge is -2.30. The SMILES string of the molecule is CCC/C=C\CCCCCCCC(=O)NC(COP(=O)([O-])OCC[N+](C)(C)C)C(O)CCCCCCCCC. The highest BCUT2D eigenvalue weighted by atomic mass is 31.2. The van der Waals surface area contributed by atoms with Gasteiger partial charge in [-0.25, -0.2) is 0 Å². The minimum Gasteiger partial charge on any atom is -0.756 e. The number of likely N-dealkylation sites (N-methyl/N-ethyl adjacent to an activating group) is 1. The number of allylic oxidation sites excluding steroid dienone is 2. The fourth-order valence-electron chi connectivity index (χ4n) is 4.16. The molecule has 0 rings (SSSR count). The average molecular weight is 577 g/mol. The summed E-state index contributed by atoms with van der Waals surface area (Å²) < 4.78 is 22.9. The predicted octanol–water partition coefficient (Wildman–Crippen LogP) is 6.27. The molecule has 0 saturated carbocycles. The van der Waals surface area contributed by atoms with Gasteiger partial charge in [-0.05, 0) is 32.1 Å². The van der Waals surface area contributed by atoms with E-state index in [1.165, 1.54) is 38.5 Å². The van der Waals surface area contributed by atoms with E-state index in [1.807, 2.05) is 21.1 Å². The van der Waals surface area contributed by atoms with Crippen LogP contribution in [0.15, 0.2) is 12.2 Å². The van der Waals surface area contributed by atoms with E-state index in [1.54, 1.807) is 0 Å². The number of carbonyl (C=O) groups excluding carboxylic acids is 1. The van der Waals surface area contributed by atoms with Crippen molar-refractivity contribution in [2.75, 3.05) is 40.9 Å². The molecule has 0 aliphatic carbocycles. The van der Waals surface area contributed by atoms with E-state index >= 15 is 0 Å². The molecule has 0 aliphatic rings. The zero-order valence-electron chi connectivity index (χ0n) is 25.8. The number of hydrogen-bond donors (Lipinski definition) is 2. The van der Waals surface area contributed by atoms with E-state index in [0.29, 0.717) is 23.9 Å². The molecule has 3 atom stereocenters. The molecular weight excluding hydrogens is 515 g/mol. The first-order valence-electron chi connectivity index (χ1n) is 15.5. The minimum absolute atomic E-state index is 0.0108. The standard InChI is InChI=1S/C30H61N2O6P/c1-6-8-10-12-14-15-16-18-20-22-24-30(34)31-28(29(33)23-21-19-17-13-11-9-7-2)27-38-39(35,36)37-26-25-32(3,4)5/h10,12,28-29,33H,6-9,11,13-27H2,1-5H3,(H-,31,34,35,36)/b12-10-.